The Labute approximate surface area is 121 Å². The average Bonchev–Trinajstić information content (AvgIpc) is 2.35. The van der Waals surface area contributed by atoms with Crippen molar-refractivity contribution in [3.05, 3.63) is 38.9 Å². The summed E-state index contributed by atoms with van der Waals surface area (Å²) in [6.45, 7) is 3.95. The molecule has 1 fully saturated rings. The number of halogens is 1. The smallest absolute Gasteiger partial charge is 0.283 e. The van der Waals surface area contributed by atoms with Gasteiger partial charge in [-0.2, -0.15) is 0 Å². The fourth-order valence-electron chi connectivity index (χ4n) is 2.20. The van der Waals surface area contributed by atoms with E-state index in [4.69, 9.17) is 11.6 Å². The summed E-state index contributed by atoms with van der Waals surface area (Å²) in [5, 5.41) is 14.3. The quantitative estimate of drug-likeness (QED) is 0.667. The third-order valence-electron chi connectivity index (χ3n) is 3.33. The summed E-state index contributed by atoms with van der Waals surface area (Å²) < 4.78 is 0. The molecule has 0 unspecified atom stereocenters. The van der Waals surface area contributed by atoms with Crippen LogP contribution in [0, 0.1) is 10.1 Å². The number of nitrogens with zero attached hydrogens (tertiary/aromatic N) is 2. The Balaban J connectivity index is 2.37. The monoisotopic (exact) mass is 297 g/mol. The molecule has 1 aromatic rings. The first-order valence-corrected chi connectivity index (χ1v) is 6.88. The minimum Gasteiger partial charge on any atom is -0.333 e. The molecule has 0 spiro atoms. The Kier molecular flexibility index (Phi) is 4.57. The lowest BCUT2D eigenvalue weighted by molar-refractivity contribution is -0.385. The van der Waals surface area contributed by atoms with E-state index in [1.54, 1.807) is 4.90 Å². The number of carbonyl (C=O) groups excluding carboxylic acids is 1. The largest absolute Gasteiger partial charge is 0.333 e. The van der Waals surface area contributed by atoms with E-state index in [0.717, 1.165) is 6.42 Å². The summed E-state index contributed by atoms with van der Waals surface area (Å²) in [4.78, 5) is 24.8. The van der Waals surface area contributed by atoms with Crippen LogP contribution in [0.2, 0.25) is 5.02 Å². The SMILES string of the molecule is CCCN(C(=O)c1c(Cl)cccc1[N+](=O)[O-])C1CNC1. The van der Waals surface area contributed by atoms with Gasteiger partial charge in [0.05, 0.1) is 16.0 Å². The number of nitro groups is 1. The maximum absolute atomic E-state index is 12.6. The molecule has 1 aliphatic rings. The van der Waals surface area contributed by atoms with Gasteiger partial charge in [0.15, 0.2) is 0 Å². The summed E-state index contributed by atoms with van der Waals surface area (Å²) in [5.41, 5.74) is -0.254. The molecule has 1 saturated heterocycles. The van der Waals surface area contributed by atoms with Crippen molar-refractivity contribution < 1.29 is 9.72 Å². The molecule has 1 N–H and O–H groups in total. The van der Waals surface area contributed by atoms with Crippen molar-refractivity contribution >= 4 is 23.2 Å². The zero-order chi connectivity index (χ0) is 14.7. The zero-order valence-electron chi connectivity index (χ0n) is 11.1. The highest BCUT2D eigenvalue weighted by molar-refractivity contribution is 6.34. The fraction of sp³-hybridized carbons (Fsp3) is 0.462. The van der Waals surface area contributed by atoms with E-state index >= 15 is 0 Å². The Morgan fingerprint density at radius 3 is 2.75 bits per heavy atom. The van der Waals surface area contributed by atoms with Gasteiger partial charge in [0, 0.05) is 25.7 Å². The van der Waals surface area contributed by atoms with Gasteiger partial charge in [0.25, 0.3) is 11.6 Å². The van der Waals surface area contributed by atoms with Gasteiger partial charge in [-0.3, -0.25) is 14.9 Å². The van der Waals surface area contributed by atoms with Crippen LogP contribution < -0.4 is 5.32 Å². The van der Waals surface area contributed by atoms with Gasteiger partial charge in [-0.1, -0.05) is 24.6 Å². The van der Waals surface area contributed by atoms with E-state index in [0.29, 0.717) is 19.6 Å². The molecule has 6 nitrogen and oxygen atoms in total. The molecule has 2 rings (SSSR count). The molecule has 0 radical (unpaired) electrons. The predicted octanol–water partition coefficient (Wildman–Crippen LogP) is 2.07. The van der Waals surface area contributed by atoms with Gasteiger partial charge < -0.3 is 10.2 Å². The molecule has 20 heavy (non-hydrogen) atoms. The second kappa shape index (κ2) is 6.19. The molecule has 1 aliphatic heterocycles. The van der Waals surface area contributed by atoms with Crippen LogP contribution in [0.5, 0.6) is 0 Å². The standard InChI is InChI=1S/C13H16ClN3O3/c1-2-6-16(9-7-15-8-9)13(18)12-10(14)4-3-5-11(12)17(19)20/h3-5,9,15H,2,6-8H2,1H3. The van der Waals surface area contributed by atoms with Crippen LogP contribution >= 0.6 is 11.6 Å². The molecule has 7 heteroatoms. The summed E-state index contributed by atoms with van der Waals surface area (Å²) in [7, 11) is 0. The number of hydrogen-bond donors (Lipinski definition) is 1. The Morgan fingerprint density at radius 1 is 1.55 bits per heavy atom. The van der Waals surface area contributed by atoms with Crippen LogP contribution in [-0.2, 0) is 0 Å². The third-order valence-corrected chi connectivity index (χ3v) is 3.64. The highest BCUT2D eigenvalue weighted by Gasteiger charge is 2.33. The van der Waals surface area contributed by atoms with Crippen molar-refractivity contribution in [3.63, 3.8) is 0 Å². The molecule has 0 aromatic heterocycles. The van der Waals surface area contributed by atoms with Crippen molar-refractivity contribution in [2.45, 2.75) is 19.4 Å². The Morgan fingerprint density at radius 2 is 2.25 bits per heavy atom. The van der Waals surface area contributed by atoms with E-state index in [1.165, 1.54) is 18.2 Å². The molecule has 0 atom stereocenters. The van der Waals surface area contributed by atoms with Crippen molar-refractivity contribution in [3.8, 4) is 0 Å². The molecule has 1 aromatic carbocycles. The first-order valence-electron chi connectivity index (χ1n) is 6.50. The maximum atomic E-state index is 12.6. The first-order chi connectivity index (χ1) is 9.56. The number of nitrogens with one attached hydrogen (secondary N) is 1. The molecular formula is C13H16ClN3O3. The van der Waals surface area contributed by atoms with Crippen LogP contribution in [0.25, 0.3) is 0 Å². The third kappa shape index (κ3) is 2.76. The molecule has 0 aliphatic carbocycles. The molecule has 108 valence electrons. The fourth-order valence-corrected chi connectivity index (χ4v) is 2.46. The lowest BCUT2D eigenvalue weighted by Gasteiger charge is -2.38. The maximum Gasteiger partial charge on any atom is 0.283 e. The minimum absolute atomic E-state index is 0.0143. The normalized spacial score (nSPS) is 14.7. The highest BCUT2D eigenvalue weighted by Crippen LogP contribution is 2.28. The number of carbonyl (C=O) groups is 1. The van der Waals surface area contributed by atoms with Gasteiger partial charge in [-0.15, -0.1) is 0 Å². The summed E-state index contributed by atoms with van der Waals surface area (Å²) in [6, 6.07) is 4.37. The van der Waals surface area contributed by atoms with Gasteiger partial charge in [0.2, 0.25) is 0 Å². The number of hydrogen-bond acceptors (Lipinski definition) is 4. The van der Waals surface area contributed by atoms with Crippen molar-refractivity contribution in [2.24, 2.45) is 0 Å². The van der Waals surface area contributed by atoms with E-state index in [1.807, 2.05) is 6.92 Å². The Hall–Kier alpha value is -1.66. The number of amides is 1. The van der Waals surface area contributed by atoms with Crippen LogP contribution in [0.3, 0.4) is 0 Å². The minimum atomic E-state index is -0.567. The lowest BCUT2D eigenvalue weighted by Crippen LogP contribution is -2.59. The first kappa shape index (κ1) is 14.7. The summed E-state index contributed by atoms with van der Waals surface area (Å²) in [5.74, 6) is -0.365. The lowest BCUT2D eigenvalue weighted by atomic mass is 10.1. The van der Waals surface area contributed by atoms with Gasteiger partial charge in [-0.05, 0) is 12.5 Å². The number of rotatable bonds is 5. The predicted molar refractivity (Wildman–Crippen MR) is 76.1 cm³/mol. The number of benzene rings is 1. The molecule has 0 saturated carbocycles. The molecule has 1 amide bonds. The van der Waals surface area contributed by atoms with Gasteiger partial charge in [0.1, 0.15) is 5.56 Å². The summed E-state index contributed by atoms with van der Waals surface area (Å²) >= 11 is 6.01. The van der Waals surface area contributed by atoms with Crippen LogP contribution in [0.4, 0.5) is 5.69 Å². The van der Waals surface area contributed by atoms with E-state index in [2.05, 4.69) is 5.32 Å². The van der Waals surface area contributed by atoms with Gasteiger partial charge >= 0.3 is 0 Å². The Bertz CT molecular complexity index is 532. The molecular weight excluding hydrogens is 282 g/mol. The van der Waals surface area contributed by atoms with Crippen LogP contribution in [0.1, 0.15) is 23.7 Å². The van der Waals surface area contributed by atoms with Crippen LogP contribution in [-0.4, -0.2) is 41.4 Å². The van der Waals surface area contributed by atoms with E-state index < -0.39 is 4.92 Å². The second-order valence-electron chi connectivity index (χ2n) is 4.70. The molecule has 1 heterocycles. The van der Waals surface area contributed by atoms with Gasteiger partial charge in [-0.25, -0.2) is 0 Å². The molecule has 0 bridgehead atoms. The van der Waals surface area contributed by atoms with Crippen molar-refractivity contribution in [1.82, 2.24) is 10.2 Å². The highest BCUT2D eigenvalue weighted by atomic mass is 35.5. The second-order valence-corrected chi connectivity index (χ2v) is 5.11. The van der Waals surface area contributed by atoms with Crippen molar-refractivity contribution in [1.29, 1.82) is 0 Å². The number of nitro benzene ring substituents is 1. The summed E-state index contributed by atoms with van der Waals surface area (Å²) in [6.07, 6.45) is 0.792. The zero-order valence-corrected chi connectivity index (χ0v) is 11.9. The average molecular weight is 298 g/mol. The van der Waals surface area contributed by atoms with E-state index in [-0.39, 0.29) is 28.2 Å². The van der Waals surface area contributed by atoms with Crippen molar-refractivity contribution in [2.75, 3.05) is 19.6 Å². The topological polar surface area (TPSA) is 75.5 Å². The van der Waals surface area contributed by atoms with E-state index in [9.17, 15) is 14.9 Å². The van der Waals surface area contributed by atoms with Crippen LogP contribution in [0.15, 0.2) is 18.2 Å².